The van der Waals surface area contributed by atoms with Crippen molar-refractivity contribution < 1.29 is 19.1 Å². The van der Waals surface area contributed by atoms with Crippen molar-refractivity contribution >= 4 is 23.6 Å². The fourth-order valence-corrected chi connectivity index (χ4v) is 3.87. The number of ether oxygens (including phenoxy) is 2. The van der Waals surface area contributed by atoms with Gasteiger partial charge in [-0.3, -0.25) is 0 Å². The lowest BCUT2D eigenvalue weighted by molar-refractivity contribution is 0.0593. The van der Waals surface area contributed by atoms with E-state index in [9.17, 15) is 9.59 Å². The average Bonchev–Trinajstić information content (AvgIpc) is 2.77. The third-order valence-electron chi connectivity index (χ3n) is 5.35. The number of methoxy groups -OCH3 is 1. The van der Waals surface area contributed by atoms with Crippen LogP contribution in [0.2, 0.25) is 0 Å². The molecule has 8 nitrogen and oxygen atoms in total. The van der Waals surface area contributed by atoms with E-state index < -0.39 is 5.97 Å². The molecule has 0 radical (unpaired) electrons. The Labute approximate surface area is 169 Å². The van der Waals surface area contributed by atoms with Gasteiger partial charge < -0.3 is 24.2 Å². The van der Waals surface area contributed by atoms with Gasteiger partial charge in [0.25, 0.3) is 0 Å². The highest BCUT2D eigenvalue weighted by atomic mass is 16.6. The minimum atomic E-state index is -0.450. The summed E-state index contributed by atoms with van der Waals surface area (Å²) in [6.45, 7) is 2.81. The van der Waals surface area contributed by atoms with Crippen LogP contribution in [0.5, 0.6) is 0 Å². The maximum atomic E-state index is 12.5. The summed E-state index contributed by atoms with van der Waals surface area (Å²) >= 11 is 0. The van der Waals surface area contributed by atoms with Gasteiger partial charge in [0.1, 0.15) is 6.61 Å². The lowest BCUT2D eigenvalue weighted by atomic mass is 10.1. The van der Waals surface area contributed by atoms with Crippen LogP contribution < -0.4 is 9.80 Å². The smallest absolute Gasteiger partial charge is 0.410 e. The molecule has 0 bridgehead atoms. The molecule has 1 amide bonds. The maximum absolute atomic E-state index is 12.5. The van der Waals surface area contributed by atoms with Crippen LogP contribution in [0.4, 0.5) is 16.3 Å². The van der Waals surface area contributed by atoms with Crippen LogP contribution in [-0.4, -0.2) is 68.3 Å². The number of esters is 1. The van der Waals surface area contributed by atoms with Gasteiger partial charge in [-0.15, -0.1) is 0 Å². The molecular weight excluding hydrogens is 372 g/mol. The maximum Gasteiger partial charge on any atom is 0.410 e. The molecule has 2 aromatic rings. The average molecular weight is 396 g/mol. The van der Waals surface area contributed by atoms with E-state index in [0.29, 0.717) is 31.9 Å². The van der Waals surface area contributed by atoms with Crippen LogP contribution in [0.3, 0.4) is 0 Å². The molecule has 2 aliphatic rings. The molecule has 0 aliphatic carbocycles. The number of pyridine rings is 1. The van der Waals surface area contributed by atoms with E-state index in [1.165, 1.54) is 7.11 Å². The van der Waals surface area contributed by atoms with E-state index in [1.54, 1.807) is 11.0 Å². The van der Waals surface area contributed by atoms with Gasteiger partial charge in [-0.05, 0) is 17.7 Å². The van der Waals surface area contributed by atoms with Crippen LogP contribution in [0.15, 0.2) is 42.5 Å². The summed E-state index contributed by atoms with van der Waals surface area (Å²) in [4.78, 5) is 34.8. The van der Waals surface area contributed by atoms with Gasteiger partial charge in [0, 0.05) is 33.2 Å². The molecule has 0 spiro atoms. The summed E-state index contributed by atoms with van der Waals surface area (Å²) in [6, 6.07) is 13.4. The van der Waals surface area contributed by atoms with Crippen LogP contribution in [-0.2, 0) is 16.1 Å². The Balaban J connectivity index is 1.43. The number of piperazine rings is 1. The van der Waals surface area contributed by atoms with Crippen molar-refractivity contribution in [3.63, 3.8) is 0 Å². The molecule has 1 aromatic carbocycles. The fraction of sp³-hybridized carbons (Fsp3) is 0.381. The zero-order chi connectivity index (χ0) is 20.4. The number of likely N-dealkylation sites (N-methyl/N-ethyl adjacent to an activating group) is 1. The largest absolute Gasteiger partial charge is 0.464 e. The molecular formula is C21H24N4O4. The summed E-state index contributed by atoms with van der Waals surface area (Å²) in [5.74, 6) is 0.304. The normalized spacial score (nSPS) is 18.0. The van der Waals surface area contributed by atoms with E-state index in [1.807, 2.05) is 48.3 Å². The summed E-state index contributed by atoms with van der Waals surface area (Å²) < 4.78 is 10.3. The van der Waals surface area contributed by atoms with Crippen LogP contribution in [0, 0.1) is 0 Å². The molecule has 2 aliphatic heterocycles. The number of hydrogen-bond donors (Lipinski definition) is 0. The first-order chi connectivity index (χ1) is 14.1. The molecule has 3 heterocycles. The molecule has 1 aromatic heterocycles. The highest BCUT2D eigenvalue weighted by Gasteiger charge is 2.36. The number of nitrogens with zero attached hydrogens (tertiary/aromatic N) is 4. The minimum Gasteiger partial charge on any atom is -0.464 e. The van der Waals surface area contributed by atoms with Crippen LogP contribution in [0.1, 0.15) is 16.1 Å². The van der Waals surface area contributed by atoms with Crippen LogP contribution >= 0.6 is 0 Å². The first kappa shape index (κ1) is 19.0. The summed E-state index contributed by atoms with van der Waals surface area (Å²) in [5.41, 5.74) is 2.23. The highest BCUT2D eigenvalue weighted by molar-refractivity contribution is 5.89. The SMILES string of the molecule is COC(=O)c1ccc2c(n1)N(C)CC1CN(C(=O)OCc3ccccc3)CCN21. The Bertz CT molecular complexity index is 905. The Morgan fingerprint density at radius 1 is 1.10 bits per heavy atom. The monoisotopic (exact) mass is 396 g/mol. The second-order valence-corrected chi connectivity index (χ2v) is 7.24. The molecule has 152 valence electrons. The Morgan fingerprint density at radius 2 is 1.90 bits per heavy atom. The first-order valence-electron chi connectivity index (χ1n) is 9.59. The van der Waals surface area contributed by atoms with E-state index in [0.717, 1.165) is 17.1 Å². The summed E-state index contributed by atoms with van der Waals surface area (Å²) in [7, 11) is 3.29. The summed E-state index contributed by atoms with van der Waals surface area (Å²) in [5, 5.41) is 0. The number of benzene rings is 1. The van der Waals surface area contributed by atoms with Gasteiger partial charge in [-0.1, -0.05) is 30.3 Å². The summed E-state index contributed by atoms with van der Waals surface area (Å²) in [6.07, 6.45) is -0.291. The zero-order valence-electron chi connectivity index (χ0n) is 16.6. The van der Waals surface area contributed by atoms with Crippen molar-refractivity contribution in [1.82, 2.24) is 9.88 Å². The number of fused-ring (bicyclic) bond motifs is 3. The fourth-order valence-electron chi connectivity index (χ4n) is 3.87. The molecule has 1 atom stereocenters. The highest BCUT2D eigenvalue weighted by Crippen LogP contribution is 2.35. The Hall–Kier alpha value is -3.29. The lowest BCUT2D eigenvalue weighted by Gasteiger charge is -2.47. The van der Waals surface area contributed by atoms with Gasteiger partial charge in [0.05, 0.1) is 18.8 Å². The van der Waals surface area contributed by atoms with E-state index in [-0.39, 0.29) is 18.7 Å². The second kappa shape index (κ2) is 7.98. The molecule has 1 saturated heterocycles. The number of anilines is 2. The predicted octanol–water partition coefficient (Wildman–Crippen LogP) is 2.15. The van der Waals surface area contributed by atoms with Crippen molar-refractivity contribution in [2.24, 2.45) is 0 Å². The van der Waals surface area contributed by atoms with Crippen molar-refractivity contribution in [2.45, 2.75) is 12.6 Å². The van der Waals surface area contributed by atoms with Gasteiger partial charge in [0.15, 0.2) is 11.5 Å². The van der Waals surface area contributed by atoms with Crippen molar-refractivity contribution in [2.75, 3.05) is 50.1 Å². The number of carbonyl (C=O) groups is 2. The standard InChI is InChI=1S/C21H24N4O4/c1-23-12-16-13-24(21(27)29-14-15-6-4-3-5-7-15)10-11-25(16)18-9-8-17(20(26)28-2)22-19(18)23/h3-9,16H,10-14H2,1-2H3. The second-order valence-electron chi connectivity index (χ2n) is 7.24. The van der Waals surface area contributed by atoms with E-state index in [4.69, 9.17) is 9.47 Å². The molecule has 8 heteroatoms. The number of rotatable bonds is 3. The van der Waals surface area contributed by atoms with E-state index >= 15 is 0 Å². The number of aromatic nitrogens is 1. The molecule has 0 N–H and O–H groups in total. The minimum absolute atomic E-state index is 0.135. The van der Waals surface area contributed by atoms with Crippen LogP contribution in [0.25, 0.3) is 0 Å². The number of carbonyl (C=O) groups excluding carboxylic acids is 2. The topological polar surface area (TPSA) is 75.2 Å². The quantitative estimate of drug-likeness (QED) is 0.736. The third-order valence-corrected chi connectivity index (χ3v) is 5.35. The zero-order valence-corrected chi connectivity index (χ0v) is 16.6. The van der Waals surface area contributed by atoms with Gasteiger partial charge in [-0.25, -0.2) is 14.6 Å². The van der Waals surface area contributed by atoms with Gasteiger partial charge >= 0.3 is 12.1 Å². The molecule has 29 heavy (non-hydrogen) atoms. The molecule has 1 fully saturated rings. The number of amides is 1. The van der Waals surface area contributed by atoms with Gasteiger partial charge in [-0.2, -0.15) is 0 Å². The van der Waals surface area contributed by atoms with E-state index in [2.05, 4.69) is 9.88 Å². The first-order valence-corrected chi connectivity index (χ1v) is 9.59. The van der Waals surface area contributed by atoms with Crippen molar-refractivity contribution in [1.29, 1.82) is 0 Å². The lowest BCUT2D eigenvalue weighted by Crippen LogP contribution is -2.60. The number of hydrogen-bond acceptors (Lipinski definition) is 7. The Morgan fingerprint density at radius 3 is 2.66 bits per heavy atom. The third kappa shape index (κ3) is 3.83. The predicted molar refractivity (Wildman–Crippen MR) is 108 cm³/mol. The molecule has 4 rings (SSSR count). The van der Waals surface area contributed by atoms with Crippen molar-refractivity contribution in [3.05, 3.63) is 53.7 Å². The van der Waals surface area contributed by atoms with Crippen molar-refractivity contribution in [3.8, 4) is 0 Å². The van der Waals surface area contributed by atoms with Gasteiger partial charge in [0.2, 0.25) is 0 Å². The molecule has 1 unspecified atom stereocenters. The Kier molecular flexibility index (Phi) is 5.24. The molecule has 0 saturated carbocycles.